The second-order valence-electron chi connectivity index (χ2n) is 3.91. The van der Waals surface area contributed by atoms with Crippen LogP contribution in [0.1, 0.15) is 31.9 Å². The Balaban J connectivity index is 2.73. The zero-order valence-electron chi connectivity index (χ0n) is 9.61. The molecule has 1 aromatic rings. The van der Waals surface area contributed by atoms with Crippen LogP contribution in [0, 0.1) is 0 Å². The lowest BCUT2D eigenvalue weighted by Crippen LogP contribution is -2.05. The van der Waals surface area contributed by atoms with Crippen molar-refractivity contribution < 1.29 is 5.11 Å². The Morgan fingerprint density at radius 1 is 1.44 bits per heavy atom. The normalized spacial score (nSPS) is 14.8. The largest absolute Gasteiger partial charge is 0.396 e. The SMILES string of the molecule is CC(CCO)Sc1ccc(C(C)N)c(Cl)c1. The summed E-state index contributed by atoms with van der Waals surface area (Å²) in [7, 11) is 0. The molecule has 0 heterocycles. The van der Waals surface area contributed by atoms with E-state index in [1.807, 2.05) is 25.1 Å². The van der Waals surface area contributed by atoms with Gasteiger partial charge in [0.1, 0.15) is 0 Å². The van der Waals surface area contributed by atoms with Gasteiger partial charge in [0, 0.05) is 27.8 Å². The van der Waals surface area contributed by atoms with Crippen molar-refractivity contribution in [3.8, 4) is 0 Å². The van der Waals surface area contributed by atoms with Crippen molar-refractivity contribution in [1.29, 1.82) is 0 Å². The highest BCUT2D eigenvalue weighted by molar-refractivity contribution is 7.99. The van der Waals surface area contributed by atoms with Crippen molar-refractivity contribution in [3.63, 3.8) is 0 Å². The fourth-order valence-corrected chi connectivity index (χ4v) is 2.86. The average Bonchev–Trinajstić information content (AvgIpc) is 2.17. The van der Waals surface area contributed by atoms with Gasteiger partial charge in [0.15, 0.2) is 0 Å². The molecule has 0 aliphatic rings. The summed E-state index contributed by atoms with van der Waals surface area (Å²) >= 11 is 7.86. The van der Waals surface area contributed by atoms with Crippen LogP contribution in [-0.2, 0) is 0 Å². The van der Waals surface area contributed by atoms with Crippen molar-refractivity contribution in [2.24, 2.45) is 5.73 Å². The van der Waals surface area contributed by atoms with Gasteiger partial charge in [-0.15, -0.1) is 11.8 Å². The van der Waals surface area contributed by atoms with Gasteiger partial charge in [0.05, 0.1) is 0 Å². The molecule has 4 heteroatoms. The third kappa shape index (κ3) is 3.98. The van der Waals surface area contributed by atoms with Crippen molar-refractivity contribution >= 4 is 23.4 Å². The molecule has 3 N–H and O–H groups in total. The van der Waals surface area contributed by atoms with Gasteiger partial charge in [-0.1, -0.05) is 24.6 Å². The van der Waals surface area contributed by atoms with E-state index in [-0.39, 0.29) is 12.6 Å². The van der Waals surface area contributed by atoms with Crippen LogP contribution in [0.4, 0.5) is 0 Å². The first-order chi connectivity index (χ1) is 7.54. The molecule has 0 aromatic heterocycles. The molecule has 0 amide bonds. The van der Waals surface area contributed by atoms with Crippen LogP contribution in [0.5, 0.6) is 0 Å². The molecule has 0 aliphatic carbocycles. The Hall–Kier alpha value is -0.220. The second kappa shape index (κ2) is 6.50. The Morgan fingerprint density at radius 2 is 2.12 bits per heavy atom. The minimum absolute atomic E-state index is 0.0404. The van der Waals surface area contributed by atoms with E-state index in [1.165, 1.54) is 0 Å². The first-order valence-corrected chi connectivity index (χ1v) is 6.63. The van der Waals surface area contributed by atoms with Crippen LogP contribution in [-0.4, -0.2) is 17.0 Å². The Kier molecular flexibility index (Phi) is 5.62. The van der Waals surface area contributed by atoms with Crippen LogP contribution < -0.4 is 5.73 Å². The molecule has 0 radical (unpaired) electrons. The number of aliphatic hydroxyl groups excluding tert-OH is 1. The second-order valence-corrected chi connectivity index (χ2v) is 5.83. The highest BCUT2D eigenvalue weighted by Crippen LogP contribution is 2.30. The molecule has 0 saturated heterocycles. The molecule has 2 atom stereocenters. The molecule has 2 nitrogen and oxygen atoms in total. The third-order valence-electron chi connectivity index (χ3n) is 2.34. The number of rotatable bonds is 5. The van der Waals surface area contributed by atoms with Gasteiger partial charge in [-0.2, -0.15) is 0 Å². The highest BCUT2D eigenvalue weighted by atomic mass is 35.5. The summed E-state index contributed by atoms with van der Waals surface area (Å²) in [6, 6.07) is 5.91. The summed E-state index contributed by atoms with van der Waals surface area (Å²) in [4.78, 5) is 1.12. The summed E-state index contributed by atoms with van der Waals surface area (Å²) in [5.41, 5.74) is 6.76. The van der Waals surface area contributed by atoms with E-state index in [0.29, 0.717) is 5.25 Å². The summed E-state index contributed by atoms with van der Waals surface area (Å²) < 4.78 is 0. The Morgan fingerprint density at radius 3 is 2.62 bits per heavy atom. The molecule has 90 valence electrons. The number of benzene rings is 1. The quantitative estimate of drug-likeness (QED) is 0.798. The first-order valence-electron chi connectivity index (χ1n) is 5.37. The van der Waals surface area contributed by atoms with E-state index in [1.54, 1.807) is 11.8 Å². The minimum Gasteiger partial charge on any atom is -0.396 e. The van der Waals surface area contributed by atoms with E-state index >= 15 is 0 Å². The maximum atomic E-state index is 8.83. The maximum absolute atomic E-state index is 8.83. The van der Waals surface area contributed by atoms with Gasteiger partial charge >= 0.3 is 0 Å². The maximum Gasteiger partial charge on any atom is 0.0464 e. The summed E-state index contributed by atoms with van der Waals surface area (Å²) in [5.74, 6) is 0. The van der Waals surface area contributed by atoms with E-state index in [4.69, 9.17) is 22.4 Å². The van der Waals surface area contributed by atoms with E-state index in [9.17, 15) is 0 Å². The van der Waals surface area contributed by atoms with E-state index < -0.39 is 0 Å². The Labute approximate surface area is 106 Å². The topological polar surface area (TPSA) is 46.2 Å². The number of thioether (sulfide) groups is 1. The molecule has 16 heavy (non-hydrogen) atoms. The van der Waals surface area contributed by atoms with Gasteiger partial charge in [-0.3, -0.25) is 0 Å². The van der Waals surface area contributed by atoms with Crippen LogP contribution in [0.3, 0.4) is 0 Å². The Bertz CT molecular complexity index is 344. The minimum atomic E-state index is -0.0404. The molecule has 1 rings (SSSR count). The predicted octanol–water partition coefficient (Wildman–Crippen LogP) is 3.22. The average molecular weight is 260 g/mol. The summed E-state index contributed by atoms with van der Waals surface area (Å²) in [6.45, 7) is 4.23. The van der Waals surface area contributed by atoms with E-state index in [2.05, 4.69) is 6.92 Å². The molecule has 0 bridgehead atoms. The molecule has 0 fully saturated rings. The van der Waals surface area contributed by atoms with E-state index in [0.717, 1.165) is 21.9 Å². The van der Waals surface area contributed by atoms with Gasteiger partial charge in [0.2, 0.25) is 0 Å². The summed E-state index contributed by atoms with van der Waals surface area (Å²) in [5, 5.41) is 9.94. The van der Waals surface area contributed by atoms with Crippen LogP contribution in [0.2, 0.25) is 5.02 Å². The van der Waals surface area contributed by atoms with Gasteiger partial charge in [-0.05, 0) is 31.0 Å². The zero-order chi connectivity index (χ0) is 12.1. The molecular formula is C12H18ClNOS. The fraction of sp³-hybridized carbons (Fsp3) is 0.500. The van der Waals surface area contributed by atoms with Crippen molar-refractivity contribution in [2.45, 2.75) is 36.5 Å². The van der Waals surface area contributed by atoms with Gasteiger partial charge in [0.25, 0.3) is 0 Å². The molecule has 2 unspecified atom stereocenters. The van der Waals surface area contributed by atoms with Crippen molar-refractivity contribution in [1.82, 2.24) is 0 Å². The van der Waals surface area contributed by atoms with Gasteiger partial charge < -0.3 is 10.8 Å². The smallest absolute Gasteiger partial charge is 0.0464 e. The van der Waals surface area contributed by atoms with Crippen LogP contribution >= 0.6 is 23.4 Å². The molecular weight excluding hydrogens is 242 g/mol. The lowest BCUT2D eigenvalue weighted by Gasteiger charge is -2.12. The molecule has 0 spiro atoms. The standard InChI is InChI=1S/C12H18ClNOS/c1-8(5-6-15)16-10-3-4-11(9(2)14)12(13)7-10/h3-4,7-9,15H,5-6,14H2,1-2H3. The molecule has 1 aromatic carbocycles. The lowest BCUT2D eigenvalue weighted by molar-refractivity contribution is 0.289. The van der Waals surface area contributed by atoms with Crippen molar-refractivity contribution in [3.05, 3.63) is 28.8 Å². The lowest BCUT2D eigenvalue weighted by atomic mass is 10.1. The highest BCUT2D eigenvalue weighted by Gasteiger charge is 2.08. The number of hydrogen-bond acceptors (Lipinski definition) is 3. The van der Waals surface area contributed by atoms with Crippen LogP contribution in [0.25, 0.3) is 0 Å². The third-order valence-corrected chi connectivity index (χ3v) is 3.83. The fourth-order valence-electron chi connectivity index (χ4n) is 1.42. The molecule has 0 aliphatic heterocycles. The first kappa shape index (κ1) is 13.8. The monoisotopic (exact) mass is 259 g/mol. The van der Waals surface area contributed by atoms with Gasteiger partial charge in [-0.25, -0.2) is 0 Å². The van der Waals surface area contributed by atoms with Crippen molar-refractivity contribution in [2.75, 3.05) is 6.61 Å². The number of hydrogen-bond donors (Lipinski definition) is 2. The zero-order valence-corrected chi connectivity index (χ0v) is 11.2. The predicted molar refractivity (Wildman–Crippen MR) is 71.1 cm³/mol. The van der Waals surface area contributed by atoms with Crippen LogP contribution in [0.15, 0.2) is 23.1 Å². The molecule has 0 saturated carbocycles. The number of halogens is 1. The summed E-state index contributed by atoms with van der Waals surface area (Å²) in [6.07, 6.45) is 0.789. The number of nitrogens with two attached hydrogens (primary N) is 1. The number of aliphatic hydroxyl groups is 1.